The van der Waals surface area contributed by atoms with E-state index < -0.39 is 29.8 Å². The molecule has 5 N–H and O–H groups in total. The van der Waals surface area contributed by atoms with E-state index in [-0.39, 0.29) is 13.0 Å². The molecule has 8 heteroatoms. The van der Waals surface area contributed by atoms with Gasteiger partial charge in [-0.25, -0.2) is 4.79 Å². The number of nitrogens with two attached hydrogens (primary N) is 1. The Hall–Kier alpha value is -3.68. The molecule has 2 rings (SSSR count). The molecule has 0 saturated carbocycles. The van der Waals surface area contributed by atoms with Gasteiger partial charge in [0.1, 0.15) is 12.6 Å². The molecule has 0 spiro atoms. The van der Waals surface area contributed by atoms with Gasteiger partial charge in [0.25, 0.3) is 5.91 Å². The van der Waals surface area contributed by atoms with Gasteiger partial charge in [0, 0.05) is 6.42 Å². The average molecular weight is 368 g/mol. The molecule has 0 aliphatic heterocycles. The Bertz CT molecular complexity index is 809. The van der Waals surface area contributed by atoms with Crippen molar-refractivity contribution < 1.29 is 19.1 Å². The van der Waals surface area contributed by atoms with Crippen LogP contribution in [0.2, 0.25) is 0 Å². The molecule has 0 fully saturated rings. The molecular formula is C19H20N4O4. The van der Waals surface area contributed by atoms with Crippen LogP contribution in [0, 0.1) is 5.41 Å². The summed E-state index contributed by atoms with van der Waals surface area (Å²) < 4.78 is 5.12. The second-order valence-corrected chi connectivity index (χ2v) is 5.68. The van der Waals surface area contributed by atoms with Crippen LogP contribution in [0.1, 0.15) is 11.1 Å². The highest BCUT2D eigenvalue weighted by Gasteiger charge is 2.24. The lowest BCUT2D eigenvalue weighted by molar-refractivity contribution is -0.122. The highest BCUT2D eigenvalue weighted by Crippen LogP contribution is 2.05. The summed E-state index contributed by atoms with van der Waals surface area (Å²) in [5, 5.41) is 11.9. The van der Waals surface area contributed by atoms with Gasteiger partial charge in [-0.05, 0) is 11.1 Å². The van der Waals surface area contributed by atoms with Crippen molar-refractivity contribution >= 4 is 23.7 Å². The normalized spacial score (nSPS) is 11.1. The maximum absolute atomic E-state index is 12.3. The molecular weight excluding hydrogens is 348 g/mol. The minimum absolute atomic E-state index is 0.0451. The van der Waals surface area contributed by atoms with E-state index in [2.05, 4.69) is 10.6 Å². The third-order valence-electron chi connectivity index (χ3n) is 3.60. The molecule has 1 atom stereocenters. The smallest absolute Gasteiger partial charge is 0.408 e. The highest BCUT2D eigenvalue weighted by atomic mass is 16.5. The van der Waals surface area contributed by atoms with Gasteiger partial charge in [-0.3, -0.25) is 15.0 Å². The minimum atomic E-state index is -1.08. The van der Waals surface area contributed by atoms with Crippen molar-refractivity contribution in [2.75, 3.05) is 0 Å². The maximum Gasteiger partial charge on any atom is 0.408 e. The predicted molar refractivity (Wildman–Crippen MR) is 98.8 cm³/mol. The van der Waals surface area contributed by atoms with Crippen LogP contribution >= 0.6 is 0 Å². The molecule has 2 aromatic rings. The zero-order valence-electron chi connectivity index (χ0n) is 14.5. The largest absolute Gasteiger partial charge is 0.445 e. The Balaban J connectivity index is 2.01. The molecule has 0 aliphatic rings. The molecule has 0 aliphatic carbocycles. The van der Waals surface area contributed by atoms with E-state index in [1.165, 1.54) is 0 Å². The summed E-state index contributed by atoms with van der Waals surface area (Å²) in [5.41, 5.74) is 6.54. The molecule has 8 nitrogen and oxygen atoms in total. The molecule has 3 amide bonds. The quantitative estimate of drug-likeness (QED) is 0.449. The molecule has 2 aromatic carbocycles. The second kappa shape index (κ2) is 9.71. The van der Waals surface area contributed by atoms with Crippen molar-refractivity contribution in [3.8, 4) is 0 Å². The number of ether oxygens (including phenoxy) is 1. The zero-order chi connectivity index (χ0) is 19.6. The molecule has 0 bridgehead atoms. The van der Waals surface area contributed by atoms with Crippen LogP contribution in [0.25, 0.3) is 0 Å². The van der Waals surface area contributed by atoms with E-state index in [1.807, 2.05) is 24.3 Å². The summed E-state index contributed by atoms with van der Waals surface area (Å²) >= 11 is 0. The van der Waals surface area contributed by atoms with Gasteiger partial charge in [-0.1, -0.05) is 60.7 Å². The van der Waals surface area contributed by atoms with Gasteiger partial charge in [-0.15, -0.1) is 0 Å². The lowest BCUT2D eigenvalue weighted by Crippen LogP contribution is -2.51. The third-order valence-corrected chi connectivity index (χ3v) is 3.60. The summed E-state index contributed by atoms with van der Waals surface area (Å²) in [7, 11) is 0. The summed E-state index contributed by atoms with van der Waals surface area (Å²) in [6, 6.07) is 17.0. The number of alkyl carbamates (subject to hydrolysis) is 1. The first kappa shape index (κ1) is 19.6. The van der Waals surface area contributed by atoms with Crippen molar-refractivity contribution in [1.82, 2.24) is 10.6 Å². The summed E-state index contributed by atoms with van der Waals surface area (Å²) in [6.45, 7) is 0.0451. The molecule has 0 aromatic heterocycles. The first-order valence-corrected chi connectivity index (χ1v) is 8.16. The minimum Gasteiger partial charge on any atom is -0.445 e. The van der Waals surface area contributed by atoms with E-state index in [9.17, 15) is 14.4 Å². The first-order valence-electron chi connectivity index (χ1n) is 8.16. The number of carbonyl (C=O) groups is 3. The van der Waals surface area contributed by atoms with Crippen molar-refractivity contribution in [2.45, 2.75) is 19.1 Å². The van der Waals surface area contributed by atoms with E-state index in [0.717, 1.165) is 11.1 Å². The van der Waals surface area contributed by atoms with Crippen LogP contribution in [0.3, 0.4) is 0 Å². The first-order chi connectivity index (χ1) is 13.0. The van der Waals surface area contributed by atoms with Crippen LogP contribution in [-0.4, -0.2) is 29.8 Å². The summed E-state index contributed by atoms with van der Waals surface area (Å²) in [6.07, 6.45) is -0.639. The van der Waals surface area contributed by atoms with E-state index in [1.54, 1.807) is 36.4 Å². The number of rotatable bonds is 6. The van der Waals surface area contributed by atoms with Crippen molar-refractivity contribution in [2.24, 2.45) is 5.73 Å². The number of primary amides is 1. The molecule has 0 unspecified atom stereocenters. The lowest BCUT2D eigenvalue weighted by Gasteiger charge is -2.18. The molecule has 140 valence electrons. The van der Waals surface area contributed by atoms with Gasteiger partial charge in [0.15, 0.2) is 5.84 Å². The average Bonchev–Trinajstić information content (AvgIpc) is 2.67. The predicted octanol–water partition coefficient (Wildman–Crippen LogP) is 1.10. The van der Waals surface area contributed by atoms with Gasteiger partial charge in [0.05, 0.1) is 0 Å². The Kier molecular flexibility index (Phi) is 7.07. The second-order valence-electron chi connectivity index (χ2n) is 5.68. The maximum atomic E-state index is 12.3. The van der Waals surface area contributed by atoms with Crippen LogP contribution in [0.4, 0.5) is 4.79 Å². The fourth-order valence-corrected chi connectivity index (χ4v) is 2.24. The van der Waals surface area contributed by atoms with Crippen molar-refractivity contribution in [1.29, 1.82) is 5.41 Å². The topological polar surface area (TPSA) is 134 Å². The Morgan fingerprint density at radius 3 is 2.07 bits per heavy atom. The third kappa shape index (κ3) is 6.62. The Morgan fingerprint density at radius 2 is 1.52 bits per heavy atom. The number of carbonyl (C=O) groups excluding carboxylic acids is 3. The van der Waals surface area contributed by atoms with Gasteiger partial charge in [0.2, 0.25) is 5.91 Å². The molecule has 0 saturated heterocycles. The van der Waals surface area contributed by atoms with Crippen LogP contribution in [-0.2, 0) is 27.4 Å². The van der Waals surface area contributed by atoms with E-state index in [0.29, 0.717) is 0 Å². The van der Waals surface area contributed by atoms with E-state index >= 15 is 0 Å². The van der Waals surface area contributed by atoms with E-state index in [4.69, 9.17) is 15.9 Å². The number of nitrogens with one attached hydrogen (secondary N) is 3. The number of hydrogen-bond acceptors (Lipinski definition) is 5. The van der Waals surface area contributed by atoms with Gasteiger partial charge < -0.3 is 21.1 Å². The lowest BCUT2D eigenvalue weighted by atomic mass is 10.1. The SMILES string of the molecule is N=C(NC(=O)[C@H](Cc1ccccc1)NC(=O)OCc1ccccc1)C(N)=O. The number of hydrogen-bond donors (Lipinski definition) is 4. The summed E-state index contributed by atoms with van der Waals surface area (Å²) in [4.78, 5) is 35.4. The van der Waals surface area contributed by atoms with Crippen molar-refractivity contribution in [3.63, 3.8) is 0 Å². The number of amidine groups is 1. The fraction of sp³-hybridized carbons (Fsp3) is 0.158. The van der Waals surface area contributed by atoms with Crippen molar-refractivity contribution in [3.05, 3.63) is 71.8 Å². The number of benzene rings is 2. The van der Waals surface area contributed by atoms with Crippen LogP contribution in [0.5, 0.6) is 0 Å². The highest BCUT2D eigenvalue weighted by molar-refractivity contribution is 6.38. The monoisotopic (exact) mass is 368 g/mol. The van der Waals surface area contributed by atoms with Gasteiger partial charge >= 0.3 is 6.09 Å². The molecule has 27 heavy (non-hydrogen) atoms. The summed E-state index contributed by atoms with van der Waals surface area (Å²) in [5.74, 6) is -2.56. The molecule has 0 heterocycles. The van der Waals surface area contributed by atoms with Gasteiger partial charge in [-0.2, -0.15) is 0 Å². The molecule has 0 radical (unpaired) electrons. The fourth-order valence-electron chi connectivity index (χ4n) is 2.24. The Morgan fingerprint density at radius 1 is 0.963 bits per heavy atom. The van der Waals surface area contributed by atoms with Crippen LogP contribution < -0.4 is 16.4 Å². The standard InChI is InChI=1S/C19H20N4O4/c20-16(17(21)24)23-18(25)15(11-13-7-3-1-4-8-13)22-19(26)27-12-14-9-5-2-6-10-14/h1-10,15H,11-12H2,(H2,21,24)(H,22,26)(H2,20,23,25)/t15-/m0/s1. The zero-order valence-corrected chi connectivity index (χ0v) is 14.5. The number of amides is 3. The Labute approximate surface area is 156 Å². The van der Waals surface area contributed by atoms with Crippen LogP contribution in [0.15, 0.2) is 60.7 Å².